The standard InChI is InChI=1S/C16H22O4/c1-4-12(2)15(17)19-11-10-13(3)20-16(18)14-8-6-5-7-9-14/h5-9,12-13H,4,10-11H2,1-3H3. The lowest BCUT2D eigenvalue weighted by molar-refractivity contribution is -0.148. The van der Waals surface area contributed by atoms with Crippen LogP contribution in [0, 0.1) is 5.92 Å². The van der Waals surface area contributed by atoms with Crippen molar-refractivity contribution < 1.29 is 19.1 Å². The topological polar surface area (TPSA) is 52.6 Å². The number of hydrogen-bond donors (Lipinski definition) is 0. The molecule has 0 amide bonds. The second kappa shape index (κ2) is 8.35. The zero-order valence-electron chi connectivity index (χ0n) is 12.3. The third-order valence-corrected chi connectivity index (χ3v) is 3.10. The van der Waals surface area contributed by atoms with Crippen molar-refractivity contribution in [2.24, 2.45) is 5.92 Å². The number of hydrogen-bond acceptors (Lipinski definition) is 4. The molecule has 20 heavy (non-hydrogen) atoms. The minimum absolute atomic E-state index is 0.0859. The molecule has 0 aliphatic heterocycles. The van der Waals surface area contributed by atoms with Crippen LogP contribution in [0.15, 0.2) is 30.3 Å². The lowest BCUT2D eigenvalue weighted by Gasteiger charge is -2.14. The van der Waals surface area contributed by atoms with Gasteiger partial charge in [-0.3, -0.25) is 4.79 Å². The maximum absolute atomic E-state index is 11.8. The molecular weight excluding hydrogens is 256 g/mol. The highest BCUT2D eigenvalue weighted by molar-refractivity contribution is 5.89. The third kappa shape index (κ3) is 5.43. The van der Waals surface area contributed by atoms with Gasteiger partial charge < -0.3 is 9.47 Å². The molecule has 2 unspecified atom stereocenters. The predicted octanol–water partition coefficient (Wildman–Crippen LogP) is 3.21. The van der Waals surface area contributed by atoms with Gasteiger partial charge in [-0.25, -0.2) is 4.79 Å². The molecule has 2 atom stereocenters. The van der Waals surface area contributed by atoms with E-state index in [0.29, 0.717) is 12.0 Å². The Labute approximate surface area is 120 Å². The fourth-order valence-electron chi connectivity index (χ4n) is 1.52. The van der Waals surface area contributed by atoms with Gasteiger partial charge in [0, 0.05) is 6.42 Å². The van der Waals surface area contributed by atoms with Gasteiger partial charge in [-0.2, -0.15) is 0 Å². The number of carbonyl (C=O) groups is 2. The average Bonchev–Trinajstić information content (AvgIpc) is 2.47. The Morgan fingerprint density at radius 1 is 1.15 bits per heavy atom. The summed E-state index contributed by atoms with van der Waals surface area (Å²) < 4.78 is 10.4. The normalized spacial score (nSPS) is 13.3. The molecule has 0 aromatic heterocycles. The van der Waals surface area contributed by atoms with Gasteiger partial charge in [-0.15, -0.1) is 0 Å². The van der Waals surface area contributed by atoms with E-state index in [4.69, 9.17) is 9.47 Å². The van der Waals surface area contributed by atoms with Crippen molar-refractivity contribution in [1.29, 1.82) is 0 Å². The van der Waals surface area contributed by atoms with Crippen molar-refractivity contribution >= 4 is 11.9 Å². The molecule has 0 heterocycles. The van der Waals surface area contributed by atoms with Gasteiger partial charge in [-0.05, 0) is 25.5 Å². The molecule has 0 aliphatic rings. The van der Waals surface area contributed by atoms with Crippen LogP contribution in [0.1, 0.15) is 44.0 Å². The van der Waals surface area contributed by atoms with Crippen molar-refractivity contribution in [3.05, 3.63) is 35.9 Å². The smallest absolute Gasteiger partial charge is 0.338 e. The van der Waals surface area contributed by atoms with Gasteiger partial charge in [0.05, 0.1) is 18.1 Å². The summed E-state index contributed by atoms with van der Waals surface area (Å²) in [6, 6.07) is 8.83. The number of benzene rings is 1. The minimum Gasteiger partial charge on any atom is -0.465 e. The van der Waals surface area contributed by atoms with Crippen molar-refractivity contribution in [3.63, 3.8) is 0 Å². The lowest BCUT2D eigenvalue weighted by Crippen LogP contribution is -2.20. The highest BCUT2D eigenvalue weighted by Gasteiger charge is 2.14. The second-order valence-electron chi connectivity index (χ2n) is 4.85. The Morgan fingerprint density at radius 2 is 1.80 bits per heavy atom. The van der Waals surface area contributed by atoms with E-state index in [9.17, 15) is 9.59 Å². The molecule has 0 N–H and O–H groups in total. The highest BCUT2D eigenvalue weighted by Crippen LogP contribution is 2.08. The first kappa shape index (κ1) is 16.2. The summed E-state index contributed by atoms with van der Waals surface area (Å²) in [5.41, 5.74) is 0.524. The van der Waals surface area contributed by atoms with Crippen molar-refractivity contribution in [2.45, 2.75) is 39.7 Å². The Morgan fingerprint density at radius 3 is 2.40 bits per heavy atom. The van der Waals surface area contributed by atoms with E-state index in [1.54, 1.807) is 31.2 Å². The number of rotatable bonds is 7. The Balaban J connectivity index is 2.29. The van der Waals surface area contributed by atoms with E-state index in [1.165, 1.54) is 0 Å². The van der Waals surface area contributed by atoms with Crippen LogP contribution in [0.2, 0.25) is 0 Å². The summed E-state index contributed by atoms with van der Waals surface area (Å²) in [7, 11) is 0. The van der Waals surface area contributed by atoms with Crippen LogP contribution < -0.4 is 0 Å². The summed E-state index contributed by atoms with van der Waals surface area (Å²) in [6.45, 7) is 5.84. The lowest BCUT2D eigenvalue weighted by atomic mass is 10.1. The van der Waals surface area contributed by atoms with Gasteiger partial charge in [0.25, 0.3) is 0 Å². The first-order valence-corrected chi connectivity index (χ1v) is 6.97. The van der Waals surface area contributed by atoms with E-state index in [2.05, 4.69) is 0 Å². The summed E-state index contributed by atoms with van der Waals surface area (Å²) in [6.07, 6.45) is 0.977. The molecule has 110 valence electrons. The molecule has 0 saturated heterocycles. The summed E-state index contributed by atoms with van der Waals surface area (Å²) >= 11 is 0. The van der Waals surface area contributed by atoms with E-state index in [0.717, 1.165) is 6.42 Å². The summed E-state index contributed by atoms with van der Waals surface area (Å²) in [5, 5.41) is 0. The SMILES string of the molecule is CCC(C)C(=O)OCCC(C)OC(=O)c1ccccc1. The zero-order chi connectivity index (χ0) is 15.0. The van der Waals surface area contributed by atoms with Crippen LogP contribution in [0.25, 0.3) is 0 Å². The number of esters is 2. The minimum atomic E-state index is -0.355. The molecule has 0 spiro atoms. The van der Waals surface area contributed by atoms with Crippen molar-refractivity contribution in [1.82, 2.24) is 0 Å². The molecule has 0 radical (unpaired) electrons. The highest BCUT2D eigenvalue weighted by atomic mass is 16.6. The molecule has 0 bridgehead atoms. The molecule has 1 aromatic carbocycles. The van der Waals surface area contributed by atoms with Gasteiger partial charge in [0.2, 0.25) is 0 Å². The van der Waals surface area contributed by atoms with Crippen LogP contribution in [-0.2, 0) is 14.3 Å². The first-order valence-electron chi connectivity index (χ1n) is 6.97. The van der Waals surface area contributed by atoms with E-state index in [-0.39, 0.29) is 30.6 Å². The van der Waals surface area contributed by atoms with Crippen molar-refractivity contribution in [3.8, 4) is 0 Å². The van der Waals surface area contributed by atoms with Gasteiger partial charge >= 0.3 is 11.9 Å². The molecule has 0 aliphatic carbocycles. The quantitative estimate of drug-likeness (QED) is 0.719. The fraction of sp³-hybridized carbons (Fsp3) is 0.500. The maximum atomic E-state index is 11.8. The molecule has 1 aromatic rings. The van der Waals surface area contributed by atoms with E-state index >= 15 is 0 Å². The third-order valence-electron chi connectivity index (χ3n) is 3.10. The molecule has 4 heteroatoms. The van der Waals surface area contributed by atoms with Crippen LogP contribution in [0.3, 0.4) is 0 Å². The monoisotopic (exact) mass is 278 g/mol. The van der Waals surface area contributed by atoms with Crippen LogP contribution >= 0.6 is 0 Å². The van der Waals surface area contributed by atoms with E-state index < -0.39 is 0 Å². The molecule has 4 nitrogen and oxygen atoms in total. The van der Waals surface area contributed by atoms with Crippen LogP contribution in [0.5, 0.6) is 0 Å². The molecular formula is C16H22O4. The number of carbonyl (C=O) groups excluding carboxylic acids is 2. The largest absolute Gasteiger partial charge is 0.465 e. The molecule has 1 rings (SSSR count). The Hall–Kier alpha value is -1.84. The average molecular weight is 278 g/mol. The predicted molar refractivity (Wildman–Crippen MR) is 76.4 cm³/mol. The van der Waals surface area contributed by atoms with Gasteiger partial charge in [0.1, 0.15) is 6.10 Å². The molecule has 0 saturated carbocycles. The van der Waals surface area contributed by atoms with Gasteiger partial charge in [-0.1, -0.05) is 32.0 Å². The zero-order valence-corrected chi connectivity index (χ0v) is 12.3. The Kier molecular flexibility index (Phi) is 6.77. The maximum Gasteiger partial charge on any atom is 0.338 e. The van der Waals surface area contributed by atoms with Crippen LogP contribution in [-0.4, -0.2) is 24.6 Å². The fourth-order valence-corrected chi connectivity index (χ4v) is 1.52. The number of ether oxygens (including phenoxy) is 2. The Bertz CT molecular complexity index is 427. The second-order valence-corrected chi connectivity index (χ2v) is 4.85. The van der Waals surface area contributed by atoms with Crippen molar-refractivity contribution in [2.75, 3.05) is 6.61 Å². The summed E-state index contributed by atoms with van der Waals surface area (Å²) in [4.78, 5) is 23.2. The van der Waals surface area contributed by atoms with E-state index in [1.807, 2.05) is 19.9 Å². The van der Waals surface area contributed by atoms with Crippen LogP contribution in [0.4, 0.5) is 0 Å². The molecule has 0 fully saturated rings. The van der Waals surface area contributed by atoms with Gasteiger partial charge in [0.15, 0.2) is 0 Å². The first-order chi connectivity index (χ1) is 9.54. The summed E-state index contributed by atoms with van der Waals surface area (Å²) in [5.74, 6) is -0.641.